The SMILES string of the molecule is COc1ccccc1-c1cc2cccc(Cl)c2[nH]1. The lowest BCUT2D eigenvalue weighted by atomic mass is 10.1. The van der Waals surface area contributed by atoms with Crippen molar-refractivity contribution in [3.8, 4) is 17.0 Å². The van der Waals surface area contributed by atoms with Crippen LogP contribution in [0.3, 0.4) is 0 Å². The van der Waals surface area contributed by atoms with Crippen LogP contribution < -0.4 is 4.74 Å². The molecule has 3 heteroatoms. The molecule has 1 N–H and O–H groups in total. The molecule has 1 aromatic heterocycles. The molecule has 0 radical (unpaired) electrons. The topological polar surface area (TPSA) is 25.0 Å². The van der Waals surface area contributed by atoms with Crippen LogP contribution in [0.1, 0.15) is 0 Å². The van der Waals surface area contributed by atoms with Gasteiger partial charge >= 0.3 is 0 Å². The van der Waals surface area contributed by atoms with Gasteiger partial charge in [-0.2, -0.15) is 0 Å². The number of hydrogen-bond acceptors (Lipinski definition) is 1. The number of ether oxygens (including phenoxy) is 1. The first-order valence-corrected chi connectivity index (χ1v) is 6.08. The summed E-state index contributed by atoms with van der Waals surface area (Å²) in [6.45, 7) is 0. The Balaban J connectivity index is 2.23. The van der Waals surface area contributed by atoms with E-state index in [1.54, 1.807) is 7.11 Å². The van der Waals surface area contributed by atoms with Gasteiger partial charge in [-0.15, -0.1) is 0 Å². The Kier molecular flexibility index (Phi) is 2.73. The molecule has 0 fully saturated rings. The minimum Gasteiger partial charge on any atom is -0.496 e. The van der Waals surface area contributed by atoms with Crippen LogP contribution in [0.2, 0.25) is 5.02 Å². The third kappa shape index (κ3) is 1.75. The monoisotopic (exact) mass is 257 g/mol. The molecule has 0 amide bonds. The zero-order valence-corrected chi connectivity index (χ0v) is 10.7. The minimum absolute atomic E-state index is 0.730. The van der Waals surface area contributed by atoms with Gasteiger partial charge in [-0.25, -0.2) is 0 Å². The standard InChI is InChI=1S/C15H12ClNO/c1-18-14-8-3-2-6-11(14)13-9-10-5-4-7-12(16)15(10)17-13/h2-9,17H,1H3. The number of H-pyrrole nitrogens is 1. The maximum Gasteiger partial charge on any atom is 0.128 e. The normalized spacial score (nSPS) is 10.8. The third-order valence-corrected chi connectivity index (χ3v) is 3.32. The molecule has 0 spiro atoms. The minimum atomic E-state index is 0.730. The largest absolute Gasteiger partial charge is 0.496 e. The molecule has 0 aliphatic carbocycles. The van der Waals surface area contributed by atoms with Crippen molar-refractivity contribution in [1.82, 2.24) is 4.98 Å². The number of para-hydroxylation sites is 2. The maximum atomic E-state index is 6.17. The second-order valence-electron chi connectivity index (χ2n) is 4.09. The number of halogens is 1. The maximum absolute atomic E-state index is 6.17. The van der Waals surface area contributed by atoms with Gasteiger partial charge in [0.15, 0.2) is 0 Å². The van der Waals surface area contributed by atoms with Crippen LogP contribution in [0.15, 0.2) is 48.5 Å². The predicted octanol–water partition coefficient (Wildman–Crippen LogP) is 4.50. The molecule has 0 bridgehead atoms. The molecule has 90 valence electrons. The van der Waals surface area contributed by atoms with Crippen LogP contribution in [0.4, 0.5) is 0 Å². The summed E-state index contributed by atoms with van der Waals surface area (Å²) in [7, 11) is 1.68. The van der Waals surface area contributed by atoms with Crippen molar-refractivity contribution in [3.63, 3.8) is 0 Å². The molecule has 2 aromatic carbocycles. The predicted molar refractivity (Wildman–Crippen MR) is 75.3 cm³/mol. The van der Waals surface area contributed by atoms with E-state index >= 15 is 0 Å². The van der Waals surface area contributed by atoms with Gasteiger partial charge in [0.05, 0.1) is 23.3 Å². The molecule has 18 heavy (non-hydrogen) atoms. The lowest BCUT2D eigenvalue weighted by molar-refractivity contribution is 0.416. The number of hydrogen-bond donors (Lipinski definition) is 1. The highest BCUT2D eigenvalue weighted by Gasteiger charge is 2.09. The Bertz CT molecular complexity index is 703. The Hall–Kier alpha value is -1.93. The second kappa shape index (κ2) is 4.39. The molecule has 0 atom stereocenters. The summed E-state index contributed by atoms with van der Waals surface area (Å²) in [6.07, 6.45) is 0. The summed E-state index contributed by atoms with van der Waals surface area (Å²) in [5.74, 6) is 0.847. The van der Waals surface area contributed by atoms with Crippen LogP contribution >= 0.6 is 11.6 Å². The molecule has 3 aromatic rings. The van der Waals surface area contributed by atoms with Crippen molar-refractivity contribution in [2.24, 2.45) is 0 Å². The highest BCUT2D eigenvalue weighted by Crippen LogP contribution is 2.33. The molecule has 0 aliphatic heterocycles. The van der Waals surface area contributed by atoms with Crippen LogP contribution in [-0.2, 0) is 0 Å². The van der Waals surface area contributed by atoms with Crippen molar-refractivity contribution < 1.29 is 4.74 Å². The molecular weight excluding hydrogens is 246 g/mol. The zero-order chi connectivity index (χ0) is 12.5. The Morgan fingerprint density at radius 2 is 1.89 bits per heavy atom. The van der Waals surface area contributed by atoms with E-state index in [1.165, 1.54) is 0 Å². The lowest BCUT2D eigenvalue weighted by Crippen LogP contribution is -1.86. The molecular formula is C15H12ClNO. The summed E-state index contributed by atoms with van der Waals surface area (Å²) in [6, 6.07) is 15.9. The van der Waals surface area contributed by atoms with E-state index in [1.807, 2.05) is 42.5 Å². The number of methoxy groups -OCH3 is 1. The molecule has 0 aliphatic rings. The Morgan fingerprint density at radius 3 is 2.67 bits per heavy atom. The fourth-order valence-electron chi connectivity index (χ4n) is 2.13. The van der Waals surface area contributed by atoms with Crippen LogP contribution in [0.25, 0.3) is 22.2 Å². The van der Waals surface area contributed by atoms with E-state index in [0.717, 1.165) is 32.9 Å². The van der Waals surface area contributed by atoms with Gasteiger partial charge in [-0.3, -0.25) is 0 Å². The van der Waals surface area contributed by atoms with Crippen molar-refractivity contribution >= 4 is 22.5 Å². The number of rotatable bonds is 2. The Labute approximate surface area is 110 Å². The van der Waals surface area contributed by atoms with Gasteiger partial charge in [-0.05, 0) is 24.3 Å². The van der Waals surface area contributed by atoms with Gasteiger partial charge in [0.2, 0.25) is 0 Å². The van der Waals surface area contributed by atoms with Crippen molar-refractivity contribution in [3.05, 3.63) is 53.6 Å². The summed E-state index contributed by atoms with van der Waals surface area (Å²) in [5, 5.41) is 1.83. The molecule has 0 saturated heterocycles. The summed E-state index contributed by atoms with van der Waals surface area (Å²) in [5.41, 5.74) is 3.00. The quantitative estimate of drug-likeness (QED) is 0.719. The zero-order valence-electron chi connectivity index (χ0n) is 9.91. The number of fused-ring (bicyclic) bond motifs is 1. The van der Waals surface area contributed by atoms with Crippen LogP contribution in [0.5, 0.6) is 5.75 Å². The Morgan fingerprint density at radius 1 is 1.06 bits per heavy atom. The van der Waals surface area contributed by atoms with E-state index in [2.05, 4.69) is 11.1 Å². The van der Waals surface area contributed by atoms with E-state index in [0.29, 0.717) is 0 Å². The third-order valence-electron chi connectivity index (χ3n) is 3.00. The fraction of sp³-hybridized carbons (Fsp3) is 0.0667. The molecule has 1 heterocycles. The smallest absolute Gasteiger partial charge is 0.128 e. The second-order valence-corrected chi connectivity index (χ2v) is 4.49. The molecule has 2 nitrogen and oxygen atoms in total. The average Bonchev–Trinajstić information content (AvgIpc) is 2.84. The molecule has 0 saturated carbocycles. The van der Waals surface area contributed by atoms with Crippen molar-refractivity contribution in [2.45, 2.75) is 0 Å². The van der Waals surface area contributed by atoms with Gasteiger partial charge in [0, 0.05) is 10.9 Å². The van der Waals surface area contributed by atoms with E-state index in [9.17, 15) is 0 Å². The molecule has 3 rings (SSSR count). The first kappa shape index (κ1) is 11.2. The number of nitrogens with one attached hydrogen (secondary N) is 1. The van der Waals surface area contributed by atoms with Crippen LogP contribution in [0, 0.1) is 0 Å². The summed E-state index contributed by atoms with van der Waals surface area (Å²) in [4.78, 5) is 3.34. The van der Waals surface area contributed by atoms with E-state index < -0.39 is 0 Å². The fourth-order valence-corrected chi connectivity index (χ4v) is 2.36. The number of aromatic amines is 1. The highest BCUT2D eigenvalue weighted by molar-refractivity contribution is 6.35. The molecule has 0 unspecified atom stereocenters. The lowest BCUT2D eigenvalue weighted by Gasteiger charge is -2.05. The van der Waals surface area contributed by atoms with Gasteiger partial charge < -0.3 is 9.72 Å². The van der Waals surface area contributed by atoms with Crippen LogP contribution in [-0.4, -0.2) is 12.1 Å². The highest BCUT2D eigenvalue weighted by atomic mass is 35.5. The number of benzene rings is 2. The van der Waals surface area contributed by atoms with Gasteiger partial charge in [-0.1, -0.05) is 35.9 Å². The van der Waals surface area contributed by atoms with Gasteiger partial charge in [0.1, 0.15) is 5.75 Å². The average molecular weight is 258 g/mol. The van der Waals surface area contributed by atoms with Crippen molar-refractivity contribution in [2.75, 3.05) is 7.11 Å². The van der Waals surface area contributed by atoms with Gasteiger partial charge in [0.25, 0.3) is 0 Å². The van der Waals surface area contributed by atoms with Crippen molar-refractivity contribution in [1.29, 1.82) is 0 Å². The first-order chi connectivity index (χ1) is 8.79. The van der Waals surface area contributed by atoms with E-state index in [-0.39, 0.29) is 0 Å². The summed E-state index contributed by atoms with van der Waals surface area (Å²) >= 11 is 6.17. The number of aromatic nitrogens is 1. The summed E-state index contributed by atoms with van der Waals surface area (Å²) < 4.78 is 5.37. The van der Waals surface area contributed by atoms with E-state index in [4.69, 9.17) is 16.3 Å². The first-order valence-electron chi connectivity index (χ1n) is 5.70.